The maximum atomic E-state index is 10.4. The number of carbonyl (C=O) groups excluding carboxylic acids is 1. The first-order valence-electron chi connectivity index (χ1n) is 12.4. The quantitative estimate of drug-likeness (QED) is 0.263. The van der Waals surface area contributed by atoms with Crippen LogP contribution in [0, 0.1) is 11.8 Å². The molecule has 0 aromatic rings. The van der Waals surface area contributed by atoms with E-state index in [9.17, 15) is 9.90 Å². The van der Waals surface area contributed by atoms with E-state index in [1.54, 1.807) is 6.92 Å². The van der Waals surface area contributed by atoms with Gasteiger partial charge in [0.15, 0.2) is 0 Å². The van der Waals surface area contributed by atoms with Crippen molar-refractivity contribution < 1.29 is 24.5 Å². The molecule has 0 aromatic heterocycles. The zero-order valence-corrected chi connectivity index (χ0v) is 22.1. The maximum absolute atomic E-state index is 10.4. The Kier molecular flexibility index (Phi) is 16.1. The Morgan fingerprint density at radius 2 is 1.94 bits per heavy atom. The zero-order chi connectivity index (χ0) is 25.4. The number of hydrogen-bond donors (Lipinski definition) is 3. The van der Waals surface area contributed by atoms with E-state index in [0.29, 0.717) is 25.2 Å². The molecule has 1 heterocycles. The summed E-state index contributed by atoms with van der Waals surface area (Å²) in [5.41, 5.74) is 0.348. The fraction of sp³-hybridized carbons (Fsp3) is 0.741. The van der Waals surface area contributed by atoms with E-state index in [-0.39, 0.29) is 36.9 Å². The first-order chi connectivity index (χ1) is 15.6. The summed E-state index contributed by atoms with van der Waals surface area (Å²) in [5.74, 6) is 0.653. The molecule has 1 aliphatic heterocycles. The van der Waals surface area contributed by atoms with Gasteiger partial charge in [0.1, 0.15) is 6.10 Å². The van der Waals surface area contributed by atoms with E-state index in [2.05, 4.69) is 51.2 Å². The van der Waals surface area contributed by atoms with Gasteiger partial charge in [0.2, 0.25) is 0 Å². The second kappa shape index (κ2) is 16.9. The minimum atomic E-state index is -0.836. The summed E-state index contributed by atoms with van der Waals surface area (Å²) in [6.45, 7) is 16.5. The summed E-state index contributed by atoms with van der Waals surface area (Å²) in [6.07, 6.45) is 13.0. The number of aliphatic hydroxyl groups excluding tert-OH is 1. The lowest BCUT2D eigenvalue weighted by molar-refractivity contribution is -0.130. The van der Waals surface area contributed by atoms with Gasteiger partial charge in [0, 0.05) is 6.61 Å². The van der Waals surface area contributed by atoms with Crippen LogP contribution in [0.3, 0.4) is 0 Å². The smallest absolute Gasteiger partial charge is 0.293 e. The molecule has 0 bridgehead atoms. The van der Waals surface area contributed by atoms with E-state index in [0.717, 1.165) is 12.8 Å². The predicted octanol–water partition coefficient (Wildman–Crippen LogP) is 4.91. The van der Waals surface area contributed by atoms with Gasteiger partial charge in [-0.2, -0.15) is 0 Å². The Hall–Kier alpha value is -1.63. The van der Waals surface area contributed by atoms with Crippen molar-refractivity contribution in [1.29, 1.82) is 0 Å². The topological polar surface area (TPSA) is 88.0 Å². The summed E-state index contributed by atoms with van der Waals surface area (Å²) >= 11 is 0. The molecule has 6 nitrogen and oxygen atoms in total. The molecule has 0 amide bonds. The molecule has 0 aromatic carbocycles. The number of ether oxygens (including phenoxy) is 2. The first kappa shape index (κ1) is 31.4. The second-order valence-corrected chi connectivity index (χ2v) is 9.36. The highest BCUT2D eigenvalue weighted by molar-refractivity contribution is 5.37. The van der Waals surface area contributed by atoms with Crippen LogP contribution in [-0.4, -0.2) is 53.2 Å². The fourth-order valence-electron chi connectivity index (χ4n) is 3.98. The average molecular weight is 468 g/mol. The van der Waals surface area contributed by atoms with Crippen molar-refractivity contribution in [3.05, 3.63) is 36.1 Å². The lowest BCUT2D eigenvalue weighted by Gasteiger charge is -2.39. The molecular weight excluding hydrogens is 418 g/mol. The summed E-state index contributed by atoms with van der Waals surface area (Å²) in [4.78, 5) is 10.4. The van der Waals surface area contributed by atoms with E-state index >= 15 is 0 Å². The second-order valence-electron chi connectivity index (χ2n) is 9.36. The van der Waals surface area contributed by atoms with Crippen LogP contribution < -0.4 is 5.32 Å². The van der Waals surface area contributed by atoms with Gasteiger partial charge in [0.25, 0.3) is 6.47 Å². The highest BCUT2D eigenvalue weighted by Crippen LogP contribution is 2.28. The van der Waals surface area contributed by atoms with Crippen LogP contribution in [0.15, 0.2) is 36.1 Å². The molecule has 0 saturated carbocycles. The van der Waals surface area contributed by atoms with Crippen molar-refractivity contribution in [2.75, 3.05) is 6.61 Å². The van der Waals surface area contributed by atoms with Crippen LogP contribution in [0.2, 0.25) is 0 Å². The van der Waals surface area contributed by atoms with Gasteiger partial charge in [-0.1, -0.05) is 51.5 Å². The SMILES string of the molecule is CC.CC(/C=C/C(C)CC(C)(O)CCO)=C\CC1OC(C)C(N/C=C\C(C)OC=O)CC1C. The van der Waals surface area contributed by atoms with Gasteiger partial charge in [-0.3, -0.25) is 4.79 Å². The van der Waals surface area contributed by atoms with E-state index in [1.807, 2.05) is 33.0 Å². The van der Waals surface area contributed by atoms with Crippen LogP contribution in [0.25, 0.3) is 0 Å². The highest BCUT2D eigenvalue weighted by atomic mass is 16.5. The van der Waals surface area contributed by atoms with Crippen LogP contribution >= 0.6 is 0 Å². The number of nitrogens with one attached hydrogen (secondary N) is 1. The summed E-state index contributed by atoms with van der Waals surface area (Å²) in [7, 11) is 0. The molecular formula is C27H49NO5. The molecule has 1 aliphatic rings. The van der Waals surface area contributed by atoms with Crippen LogP contribution in [0.5, 0.6) is 0 Å². The Bertz CT molecular complexity index is 614. The van der Waals surface area contributed by atoms with Crippen molar-refractivity contribution in [2.45, 2.75) is 111 Å². The molecule has 1 fully saturated rings. The monoisotopic (exact) mass is 467 g/mol. The third-order valence-electron chi connectivity index (χ3n) is 5.94. The lowest BCUT2D eigenvalue weighted by Crippen LogP contribution is -2.47. The van der Waals surface area contributed by atoms with E-state index < -0.39 is 5.60 Å². The molecule has 0 aliphatic carbocycles. The third-order valence-corrected chi connectivity index (χ3v) is 5.94. The van der Waals surface area contributed by atoms with Gasteiger partial charge < -0.3 is 25.0 Å². The van der Waals surface area contributed by atoms with Gasteiger partial charge >= 0.3 is 0 Å². The molecule has 1 rings (SSSR count). The first-order valence-corrected chi connectivity index (χ1v) is 12.4. The third kappa shape index (κ3) is 13.6. The van der Waals surface area contributed by atoms with Crippen molar-refractivity contribution in [1.82, 2.24) is 5.32 Å². The number of carbonyl (C=O) groups is 1. The van der Waals surface area contributed by atoms with Gasteiger partial charge in [0.05, 0.1) is 23.9 Å². The molecule has 0 spiro atoms. The van der Waals surface area contributed by atoms with Crippen molar-refractivity contribution in [3.63, 3.8) is 0 Å². The normalized spacial score (nSPS) is 27.4. The molecule has 6 heteroatoms. The molecule has 3 N–H and O–H groups in total. The standard InChI is InChI=1S/C25H43NO5.C2H6/c1-18(7-8-19(2)16-25(6,29)12-14-27)9-10-24-20(3)15-23(22(5)31-24)26-13-11-21(4)30-17-28;1-2/h7-9,11,13,17,19-24,26-27,29H,10,12,14-16H2,1-6H3;1-2H3/b8-7+,13-11-,18-9+;. The Balaban J connectivity index is 0.00000497. The number of hydrogen-bond acceptors (Lipinski definition) is 6. The molecule has 33 heavy (non-hydrogen) atoms. The Labute approximate surface area is 202 Å². The lowest BCUT2D eigenvalue weighted by atomic mass is 9.88. The predicted molar refractivity (Wildman–Crippen MR) is 136 cm³/mol. The number of aliphatic hydroxyl groups is 2. The number of allylic oxidation sites excluding steroid dienone is 3. The Morgan fingerprint density at radius 3 is 2.55 bits per heavy atom. The summed E-state index contributed by atoms with van der Waals surface area (Å²) in [6, 6.07) is 0.225. The van der Waals surface area contributed by atoms with Crippen LogP contribution in [0.1, 0.15) is 81.1 Å². The van der Waals surface area contributed by atoms with E-state index in [1.165, 1.54) is 5.57 Å². The van der Waals surface area contributed by atoms with Gasteiger partial charge in [-0.15, -0.1) is 0 Å². The maximum Gasteiger partial charge on any atom is 0.293 e. The number of rotatable bonds is 13. The molecule has 7 unspecified atom stereocenters. The summed E-state index contributed by atoms with van der Waals surface area (Å²) < 4.78 is 11.1. The molecule has 7 atom stereocenters. The van der Waals surface area contributed by atoms with E-state index in [4.69, 9.17) is 14.6 Å². The van der Waals surface area contributed by atoms with Crippen LogP contribution in [-0.2, 0) is 14.3 Å². The minimum absolute atomic E-state index is 0.000725. The van der Waals surface area contributed by atoms with Gasteiger partial charge in [-0.25, -0.2) is 0 Å². The fourth-order valence-corrected chi connectivity index (χ4v) is 3.98. The zero-order valence-electron chi connectivity index (χ0n) is 22.1. The molecule has 1 saturated heterocycles. The van der Waals surface area contributed by atoms with Gasteiger partial charge in [-0.05, 0) is 77.5 Å². The van der Waals surface area contributed by atoms with Crippen molar-refractivity contribution in [3.8, 4) is 0 Å². The minimum Gasteiger partial charge on any atom is -0.461 e. The molecule has 192 valence electrons. The highest BCUT2D eigenvalue weighted by Gasteiger charge is 2.32. The van der Waals surface area contributed by atoms with Crippen LogP contribution in [0.4, 0.5) is 0 Å². The Morgan fingerprint density at radius 1 is 1.27 bits per heavy atom. The van der Waals surface area contributed by atoms with Crippen molar-refractivity contribution >= 4 is 6.47 Å². The average Bonchev–Trinajstić information content (AvgIpc) is 2.74. The van der Waals surface area contributed by atoms with Crippen molar-refractivity contribution in [2.24, 2.45) is 11.8 Å². The summed E-state index contributed by atoms with van der Waals surface area (Å²) in [5, 5.41) is 22.7. The largest absolute Gasteiger partial charge is 0.461 e. The molecule has 0 radical (unpaired) electrons.